The van der Waals surface area contributed by atoms with Crippen molar-refractivity contribution in [3.8, 4) is 0 Å². The van der Waals surface area contributed by atoms with Gasteiger partial charge in [0.25, 0.3) is 0 Å². The van der Waals surface area contributed by atoms with E-state index in [1.54, 1.807) is 6.07 Å². The van der Waals surface area contributed by atoms with Gasteiger partial charge in [0.2, 0.25) is 0 Å². The molecule has 0 aliphatic carbocycles. The number of likely N-dealkylation sites (tertiary alicyclic amines) is 1. The molecule has 21 heavy (non-hydrogen) atoms. The Morgan fingerprint density at radius 2 is 1.95 bits per heavy atom. The van der Waals surface area contributed by atoms with Crippen molar-refractivity contribution in [2.75, 3.05) is 18.9 Å². The van der Waals surface area contributed by atoms with E-state index in [0.717, 1.165) is 19.0 Å². The van der Waals surface area contributed by atoms with Crippen LogP contribution in [0.15, 0.2) is 18.2 Å². The third kappa shape index (κ3) is 3.83. The monoisotopic (exact) mass is 320 g/mol. The predicted molar refractivity (Wildman–Crippen MR) is 79.7 cm³/mol. The van der Waals surface area contributed by atoms with Crippen LogP contribution < -0.4 is 5.32 Å². The summed E-state index contributed by atoms with van der Waals surface area (Å²) in [5.74, 6) is 0.371. The Bertz CT molecular complexity index is 504. The van der Waals surface area contributed by atoms with Crippen molar-refractivity contribution in [2.24, 2.45) is 5.92 Å². The molecule has 1 aromatic carbocycles. The summed E-state index contributed by atoms with van der Waals surface area (Å²) in [6, 6.07) is 4.58. The lowest BCUT2D eigenvalue weighted by molar-refractivity contribution is -0.137. The van der Waals surface area contributed by atoms with E-state index in [2.05, 4.69) is 31.1 Å². The fraction of sp³-hybridized carbons (Fsp3) is 0.600. The van der Waals surface area contributed by atoms with Gasteiger partial charge in [0.15, 0.2) is 0 Å². The molecule has 1 heterocycles. The summed E-state index contributed by atoms with van der Waals surface area (Å²) in [5, 5.41) is 2.97. The van der Waals surface area contributed by atoms with Crippen molar-refractivity contribution in [1.82, 2.24) is 4.90 Å². The molecule has 1 fully saturated rings. The first kappa shape index (κ1) is 16.4. The lowest BCUT2D eigenvalue weighted by Gasteiger charge is -2.40. The van der Waals surface area contributed by atoms with E-state index in [4.69, 9.17) is 11.6 Å². The van der Waals surface area contributed by atoms with Crippen molar-refractivity contribution in [3.05, 3.63) is 28.8 Å². The molecule has 1 aliphatic heterocycles. The third-order valence-corrected chi connectivity index (χ3v) is 4.56. The summed E-state index contributed by atoms with van der Waals surface area (Å²) in [4.78, 5) is 2.27. The number of nitrogens with one attached hydrogen (secondary N) is 1. The molecule has 1 saturated heterocycles. The molecule has 6 heteroatoms. The van der Waals surface area contributed by atoms with Gasteiger partial charge in [0.05, 0.1) is 10.6 Å². The zero-order valence-electron chi connectivity index (χ0n) is 12.3. The molecule has 1 aromatic rings. The molecule has 1 aliphatic rings. The number of anilines is 1. The van der Waals surface area contributed by atoms with Crippen molar-refractivity contribution in [1.29, 1.82) is 0 Å². The van der Waals surface area contributed by atoms with Gasteiger partial charge in [-0.15, -0.1) is 0 Å². The number of hydrogen-bond donors (Lipinski definition) is 1. The number of nitrogens with zero attached hydrogens (tertiary/aromatic N) is 1. The zero-order chi connectivity index (χ0) is 15.8. The van der Waals surface area contributed by atoms with E-state index < -0.39 is 11.7 Å². The summed E-state index contributed by atoms with van der Waals surface area (Å²) in [6.45, 7) is 5.17. The first-order chi connectivity index (χ1) is 9.68. The molecule has 0 bridgehead atoms. The number of alkyl halides is 3. The molecule has 3 atom stereocenters. The van der Waals surface area contributed by atoms with Gasteiger partial charge in [0, 0.05) is 24.3 Å². The fourth-order valence-corrected chi connectivity index (χ4v) is 3.01. The highest BCUT2D eigenvalue weighted by atomic mass is 35.5. The van der Waals surface area contributed by atoms with E-state index >= 15 is 0 Å². The maximum Gasteiger partial charge on any atom is 0.417 e. The number of benzene rings is 1. The van der Waals surface area contributed by atoms with Gasteiger partial charge in [0.1, 0.15) is 0 Å². The van der Waals surface area contributed by atoms with E-state index in [1.807, 2.05) is 0 Å². The maximum atomic E-state index is 12.9. The Balaban J connectivity index is 2.16. The molecule has 0 aromatic heterocycles. The Labute approximate surface area is 128 Å². The van der Waals surface area contributed by atoms with Gasteiger partial charge in [-0.1, -0.05) is 18.5 Å². The minimum Gasteiger partial charge on any atom is -0.382 e. The average Bonchev–Trinajstić information content (AvgIpc) is 2.37. The average molecular weight is 321 g/mol. The van der Waals surface area contributed by atoms with Gasteiger partial charge >= 0.3 is 6.18 Å². The van der Waals surface area contributed by atoms with Gasteiger partial charge in [-0.2, -0.15) is 13.2 Å². The summed E-state index contributed by atoms with van der Waals surface area (Å²) in [5.41, 5.74) is -0.317. The van der Waals surface area contributed by atoms with Crippen LogP contribution in [0, 0.1) is 5.92 Å². The second-order valence-electron chi connectivity index (χ2n) is 5.94. The number of piperidine rings is 1. The van der Waals surface area contributed by atoms with Crippen molar-refractivity contribution in [3.63, 3.8) is 0 Å². The summed E-state index contributed by atoms with van der Waals surface area (Å²) >= 11 is 5.64. The van der Waals surface area contributed by atoms with Gasteiger partial charge in [-0.05, 0) is 44.5 Å². The largest absolute Gasteiger partial charge is 0.417 e. The maximum absolute atomic E-state index is 12.9. The summed E-state index contributed by atoms with van der Waals surface area (Å²) in [7, 11) is 2.07. The Morgan fingerprint density at radius 3 is 2.57 bits per heavy atom. The molecule has 2 nitrogen and oxygen atoms in total. The minimum absolute atomic E-state index is 0.165. The summed E-state index contributed by atoms with van der Waals surface area (Å²) in [6.07, 6.45) is -3.53. The first-order valence-corrected chi connectivity index (χ1v) is 7.40. The molecule has 2 rings (SSSR count). The van der Waals surface area contributed by atoms with Crippen LogP contribution >= 0.6 is 11.6 Å². The van der Waals surface area contributed by atoms with Crippen LogP contribution in [-0.2, 0) is 6.18 Å². The molecule has 0 amide bonds. The molecule has 0 saturated carbocycles. The number of halogens is 4. The molecular weight excluding hydrogens is 301 g/mol. The predicted octanol–water partition coefficient (Wildman–Crippen LogP) is 4.50. The SMILES string of the molecule is CC1CN(C)C(C)CC1Nc1ccc(Cl)c(C(F)(F)F)c1. The van der Waals surface area contributed by atoms with Crippen molar-refractivity contribution in [2.45, 2.75) is 38.5 Å². The topological polar surface area (TPSA) is 15.3 Å². The Morgan fingerprint density at radius 1 is 1.29 bits per heavy atom. The highest BCUT2D eigenvalue weighted by Crippen LogP contribution is 2.36. The molecule has 0 radical (unpaired) electrons. The van der Waals surface area contributed by atoms with E-state index in [1.165, 1.54) is 6.07 Å². The van der Waals surface area contributed by atoms with E-state index in [0.29, 0.717) is 17.6 Å². The van der Waals surface area contributed by atoms with Crippen LogP contribution in [0.1, 0.15) is 25.8 Å². The van der Waals surface area contributed by atoms with Crippen LogP contribution in [0.25, 0.3) is 0 Å². The summed E-state index contributed by atoms with van der Waals surface area (Å²) < 4.78 is 38.6. The van der Waals surface area contributed by atoms with Crippen LogP contribution in [0.3, 0.4) is 0 Å². The van der Waals surface area contributed by atoms with Gasteiger partial charge in [-0.3, -0.25) is 0 Å². The van der Waals surface area contributed by atoms with E-state index in [-0.39, 0.29) is 11.1 Å². The standard InChI is InChI=1S/C15H20ClF3N2/c1-9-8-21(3)10(2)6-14(9)20-11-4-5-13(16)12(7-11)15(17,18)19/h4-5,7,9-10,14,20H,6,8H2,1-3H3. The van der Waals surface area contributed by atoms with Gasteiger partial charge < -0.3 is 10.2 Å². The van der Waals surface area contributed by atoms with Crippen LogP contribution in [0.5, 0.6) is 0 Å². The molecule has 1 N–H and O–H groups in total. The fourth-order valence-electron chi connectivity index (χ4n) is 2.79. The van der Waals surface area contributed by atoms with Crippen LogP contribution in [0.2, 0.25) is 5.02 Å². The Kier molecular flexibility index (Phi) is 4.73. The first-order valence-electron chi connectivity index (χ1n) is 7.02. The molecule has 0 spiro atoms. The van der Waals surface area contributed by atoms with Crippen molar-refractivity contribution < 1.29 is 13.2 Å². The van der Waals surface area contributed by atoms with Crippen LogP contribution in [0.4, 0.5) is 18.9 Å². The highest BCUT2D eigenvalue weighted by molar-refractivity contribution is 6.31. The van der Waals surface area contributed by atoms with Crippen LogP contribution in [-0.4, -0.2) is 30.6 Å². The van der Waals surface area contributed by atoms with Crippen molar-refractivity contribution >= 4 is 17.3 Å². The molecule has 3 unspecified atom stereocenters. The molecule has 118 valence electrons. The van der Waals surface area contributed by atoms with E-state index in [9.17, 15) is 13.2 Å². The normalized spacial score (nSPS) is 27.7. The minimum atomic E-state index is -4.43. The third-order valence-electron chi connectivity index (χ3n) is 4.23. The smallest absolute Gasteiger partial charge is 0.382 e. The zero-order valence-corrected chi connectivity index (χ0v) is 13.1. The quantitative estimate of drug-likeness (QED) is 0.863. The molecular formula is C15H20ClF3N2. The second-order valence-corrected chi connectivity index (χ2v) is 6.35. The number of hydrogen-bond acceptors (Lipinski definition) is 2. The second kappa shape index (κ2) is 6.05. The number of rotatable bonds is 2. The Hall–Kier alpha value is -0.940. The highest BCUT2D eigenvalue weighted by Gasteiger charge is 2.34. The lowest BCUT2D eigenvalue weighted by Crippen LogP contribution is -2.48. The van der Waals surface area contributed by atoms with Gasteiger partial charge in [-0.25, -0.2) is 0 Å². The lowest BCUT2D eigenvalue weighted by atomic mass is 9.89.